The number of likely N-dealkylation sites (N-methyl/N-ethyl adjacent to an activating group) is 1. The van der Waals surface area contributed by atoms with Crippen molar-refractivity contribution in [2.75, 3.05) is 20.7 Å². The zero-order valence-electron chi connectivity index (χ0n) is 13.0. The average molecular weight is 314 g/mol. The van der Waals surface area contributed by atoms with Crippen molar-refractivity contribution >= 4 is 11.9 Å². The van der Waals surface area contributed by atoms with Crippen molar-refractivity contribution in [1.29, 1.82) is 0 Å². The van der Waals surface area contributed by atoms with Crippen molar-refractivity contribution < 1.29 is 23.1 Å². The van der Waals surface area contributed by atoms with Gasteiger partial charge in [-0.15, -0.1) is 0 Å². The van der Waals surface area contributed by atoms with Crippen LogP contribution in [0.4, 0.5) is 8.78 Å². The maximum Gasteiger partial charge on any atom is 0.328 e. The van der Waals surface area contributed by atoms with Gasteiger partial charge in [0, 0.05) is 0 Å². The second-order valence-electron chi connectivity index (χ2n) is 4.98. The quantitative estimate of drug-likeness (QED) is 0.811. The molecule has 0 radical (unpaired) electrons. The predicted octanol–water partition coefficient (Wildman–Crippen LogP) is 1.64. The molecule has 1 rings (SSSR count). The van der Waals surface area contributed by atoms with Crippen molar-refractivity contribution in [2.45, 2.75) is 25.9 Å². The number of hydrogen-bond acceptors (Lipinski definition) is 4. The lowest BCUT2D eigenvalue weighted by molar-refractivity contribution is -0.147. The number of amides is 1. The molecule has 0 aliphatic heterocycles. The number of hydrogen-bond donors (Lipinski definition) is 1. The van der Waals surface area contributed by atoms with E-state index in [2.05, 4.69) is 5.32 Å². The zero-order chi connectivity index (χ0) is 16.9. The second-order valence-corrected chi connectivity index (χ2v) is 4.98. The fraction of sp³-hybridized carbons (Fsp3) is 0.467. The molecule has 0 aliphatic carbocycles. The summed E-state index contributed by atoms with van der Waals surface area (Å²) in [7, 11) is 3.04. The molecule has 1 aromatic rings. The summed E-state index contributed by atoms with van der Waals surface area (Å²) >= 11 is 0. The van der Waals surface area contributed by atoms with Gasteiger partial charge < -0.3 is 10.1 Å². The molecule has 0 bridgehead atoms. The molecular formula is C15H20F2N2O3. The molecule has 1 aromatic carbocycles. The number of carbonyl (C=O) groups excluding carboxylic acids is 2. The maximum atomic E-state index is 13.9. The number of halogens is 2. The molecular weight excluding hydrogens is 294 g/mol. The predicted molar refractivity (Wildman–Crippen MR) is 77.0 cm³/mol. The van der Waals surface area contributed by atoms with Crippen molar-refractivity contribution in [3.05, 3.63) is 35.4 Å². The van der Waals surface area contributed by atoms with Crippen LogP contribution in [0.1, 0.15) is 25.5 Å². The van der Waals surface area contributed by atoms with E-state index in [0.29, 0.717) is 0 Å². The molecule has 0 aromatic heterocycles. The van der Waals surface area contributed by atoms with Gasteiger partial charge in [-0.2, -0.15) is 0 Å². The van der Waals surface area contributed by atoms with Gasteiger partial charge >= 0.3 is 5.97 Å². The van der Waals surface area contributed by atoms with E-state index >= 15 is 0 Å². The van der Waals surface area contributed by atoms with Gasteiger partial charge in [0.25, 0.3) is 0 Å². The Morgan fingerprint density at radius 3 is 2.27 bits per heavy atom. The number of ether oxygens (including phenoxy) is 1. The summed E-state index contributed by atoms with van der Waals surface area (Å²) in [6.07, 6.45) is 0. The highest BCUT2D eigenvalue weighted by molar-refractivity contribution is 5.88. The summed E-state index contributed by atoms with van der Waals surface area (Å²) < 4.78 is 32.6. The first-order valence-corrected chi connectivity index (χ1v) is 6.86. The fourth-order valence-electron chi connectivity index (χ4n) is 2.01. The van der Waals surface area contributed by atoms with Crippen LogP contribution in [0, 0.1) is 11.6 Å². The lowest BCUT2D eigenvalue weighted by Gasteiger charge is -2.25. The standard InChI is InChI=1S/C15H20F2N2O3/c1-5-22-15(21)9(2)18-14(20)13(19(3)4)12-10(16)7-6-8-11(12)17/h6-9,13H,5H2,1-4H3,(H,18,20). The molecule has 0 fully saturated rings. The van der Waals surface area contributed by atoms with Crippen LogP contribution >= 0.6 is 0 Å². The normalized spacial score (nSPS) is 13.6. The van der Waals surface area contributed by atoms with E-state index < -0.39 is 35.6 Å². The molecule has 0 saturated heterocycles. The first-order chi connectivity index (χ1) is 10.3. The number of rotatable bonds is 6. The number of benzene rings is 1. The Kier molecular flexibility index (Phi) is 6.42. The van der Waals surface area contributed by atoms with Gasteiger partial charge in [-0.3, -0.25) is 9.69 Å². The van der Waals surface area contributed by atoms with Gasteiger partial charge in [-0.1, -0.05) is 6.07 Å². The summed E-state index contributed by atoms with van der Waals surface area (Å²) in [5, 5.41) is 2.41. The van der Waals surface area contributed by atoms with Crippen LogP contribution in [0.2, 0.25) is 0 Å². The van der Waals surface area contributed by atoms with E-state index in [1.165, 1.54) is 32.0 Å². The van der Waals surface area contributed by atoms with Gasteiger partial charge in [0.2, 0.25) is 5.91 Å². The Balaban J connectivity index is 3.02. The Labute approximate surface area is 128 Å². The van der Waals surface area contributed by atoms with Gasteiger partial charge in [0.05, 0.1) is 12.2 Å². The Morgan fingerprint density at radius 1 is 1.27 bits per heavy atom. The summed E-state index contributed by atoms with van der Waals surface area (Å²) in [6, 6.07) is 1.27. The van der Waals surface area contributed by atoms with E-state index in [1.54, 1.807) is 6.92 Å². The van der Waals surface area contributed by atoms with E-state index in [9.17, 15) is 18.4 Å². The van der Waals surface area contributed by atoms with Crippen molar-refractivity contribution in [3.63, 3.8) is 0 Å². The molecule has 22 heavy (non-hydrogen) atoms. The minimum absolute atomic E-state index is 0.179. The lowest BCUT2D eigenvalue weighted by Crippen LogP contribution is -2.45. The van der Waals surface area contributed by atoms with Crippen molar-refractivity contribution in [2.24, 2.45) is 0 Å². The summed E-state index contributed by atoms with van der Waals surface area (Å²) in [5.74, 6) is -2.94. The van der Waals surface area contributed by atoms with Crippen LogP contribution in [0.15, 0.2) is 18.2 Å². The third-order valence-corrected chi connectivity index (χ3v) is 3.04. The van der Waals surface area contributed by atoms with E-state index in [4.69, 9.17) is 4.74 Å². The Morgan fingerprint density at radius 2 is 1.82 bits per heavy atom. The molecule has 0 saturated carbocycles. The summed E-state index contributed by atoms with van der Waals surface area (Å²) in [4.78, 5) is 25.2. The van der Waals surface area contributed by atoms with Crippen molar-refractivity contribution in [3.8, 4) is 0 Å². The molecule has 0 aliphatic rings. The highest BCUT2D eigenvalue weighted by Gasteiger charge is 2.30. The fourth-order valence-corrected chi connectivity index (χ4v) is 2.01. The molecule has 7 heteroatoms. The summed E-state index contributed by atoms with van der Waals surface area (Å²) in [6.45, 7) is 3.27. The molecule has 5 nitrogen and oxygen atoms in total. The van der Waals surface area contributed by atoms with Crippen LogP contribution in [0.25, 0.3) is 0 Å². The third kappa shape index (κ3) is 4.24. The second kappa shape index (κ2) is 7.84. The largest absolute Gasteiger partial charge is 0.464 e. The average Bonchev–Trinajstić information content (AvgIpc) is 2.42. The first kappa shape index (κ1) is 18.0. The number of nitrogens with zero attached hydrogens (tertiary/aromatic N) is 1. The monoisotopic (exact) mass is 314 g/mol. The van der Waals surface area contributed by atoms with Gasteiger partial charge in [0.15, 0.2) is 0 Å². The van der Waals surface area contributed by atoms with Gasteiger partial charge in [-0.05, 0) is 40.1 Å². The Hall–Kier alpha value is -2.02. The van der Waals surface area contributed by atoms with Gasteiger partial charge in [-0.25, -0.2) is 13.6 Å². The molecule has 2 atom stereocenters. The topological polar surface area (TPSA) is 58.6 Å². The molecule has 0 heterocycles. The van der Waals surface area contributed by atoms with E-state index in [1.807, 2.05) is 0 Å². The summed E-state index contributed by atoms with van der Waals surface area (Å²) in [5.41, 5.74) is -0.360. The minimum atomic E-state index is -1.20. The molecule has 122 valence electrons. The van der Waals surface area contributed by atoms with E-state index in [-0.39, 0.29) is 12.2 Å². The highest BCUT2D eigenvalue weighted by atomic mass is 19.1. The van der Waals surface area contributed by atoms with Crippen LogP contribution in [0.3, 0.4) is 0 Å². The number of esters is 1. The Bertz CT molecular complexity index is 529. The lowest BCUT2D eigenvalue weighted by atomic mass is 10.0. The minimum Gasteiger partial charge on any atom is -0.464 e. The first-order valence-electron chi connectivity index (χ1n) is 6.86. The SMILES string of the molecule is CCOC(=O)C(C)NC(=O)C(c1c(F)cccc1F)N(C)C. The number of nitrogens with one attached hydrogen (secondary N) is 1. The van der Waals surface area contributed by atoms with Crippen LogP contribution in [-0.2, 0) is 14.3 Å². The molecule has 1 amide bonds. The molecule has 2 unspecified atom stereocenters. The van der Waals surface area contributed by atoms with Crippen molar-refractivity contribution in [1.82, 2.24) is 10.2 Å². The van der Waals surface area contributed by atoms with Crippen LogP contribution in [-0.4, -0.2) is 43.5 Å². The number of carbonyl (C=O) groups is 2. The van der Waals surface area contributed by atoms with Crippen LogP contribution in [0.5, 0.6) is 0 Å². The highest BCUT2D eigenvalue weighted by Crippen LogP contribution is 2.24. The molecule has 0 spiro atoms. The zero-order valence-corrected chi connectivity index (χ0v) is 13.0. The van der Waals surface area contributed by atoms with Gasteiger partial charge in [0.1, 0.15) is 23.7 Å². The maximum absolute atomic E-state index is 13.9. The van der Waals surface area contributed by atoms with E-state index in [0.717, 1.165) is 12.1 Å². The molecule has 1 N–H and O–H groups in total. The van der Waals surface area contributed by atoms with Crippen LogP contribution < -0.4 is 5.32 Å². The third-order valence-electron chi connectivity index (χ3n) is 3.04. The smallest absolute Gasteiger partial charge is 0.328 e.